The number of esters is 1. The lowest BCUT2D eigenvalue weighted by Crippen LogP contribution is -2.47. The van der Waals surface area contributed by atoms with E-state index in [1.807, 2.05) is 0 Å². The maximum absolute atomic E-state index is 13.9. The van der Waals surface area contributed by atoms with Crippen LogP contribution >= 0.6 is 11.6 Å². The number of carbonyl (C=O) groups is 2. The Kier molecular flexibility index (Phi) is 7.19. The summed E-state index contributed by atoms with van der Waals surface area (Å²) >= 11 is 5.94. The lowest BCUT2D eigenvalue weighted by Gasteiger charge is -2.28. The van der Waals surface area contributed by atoms with Crippen LogP contribution in [0, 0.1) is 11.6 Å². The van der Waals surface area contributed by atoms with Crippen molar-refractivity contribution in [3.05, 3.63) is 70.2 Å². The van der Waals surface area contributed by atoms with E-state index >= 15 is 0 Å². The van der Waals surface area contributed by atoms with Crippen molar-refractivity contribution in [1.29, 1.82) is 0 Å². The van der Waals surface area contributed by atoms with Crippen LogP contribution in [0.4, 0.5) is 13.6 Å². The number of rotatable bonds is 5. The van der Waals surface area contributed by atoms with E-state index in [9.17, 15) is 18.4 Å². The van der Waals surface area contributed by atoms with E-state index in [0.717, 1.165) is 25.3 Å². The summed E-state index contributed by atoms with van der Waals surface area (Å²) in [5, 5.41) is 2.90. The second kappa shape index (κ2) is 9.22. The van der Waals surface area contributed by atoms with Crippen molar-refractivity contribution >= 4 is 23.7 Å². The third-order valence-corrected chi connectivity index (χ3v) is 4.19. The Balaban J connectivity index is 2.55. The SMILES string of the molecule is COC(=O)[C@@H](NC(=O)OC(C)(C)C)[C@@H](c1ccc(Cl)cc1)c1cc(F)cc(F)c1. The van der Waals surface area contributed by atoms with Gasteiger partial charge in [-0.3, -0.25) is 0 Å². The van der Waals surface area contributed by atoms with E-state index in [4.69, 9.17) is 21.1 Å². The zero-order valence-corrected chi connectivity index (χ0v) is 17.2. The molecule has 0 saturated heterocycles. The first kappa shape index (κ1) is 22.6. The first-order chi connectivity index (χ1) is 13.5. The Labute approximate surface area is 173 Å². The standard InChI is InChI=1S/C21H22ClF2NO4/c1-21(2,3)29-20(27)25-18(19(26)28-4)17(12-5-7-14(22)8-6-12)13-9-15(23)11-16(24)10-13/h5-11,17-18H,1-4H3,(H,25,27)/t17-,18-/m0/s1. The minimum absolute atomic E-state index is 0.135. The summed E-state index contributed by atoms with van der Waals surface area (Å²) < 4.78 is 37.9. The quantitative estimate of drug-likeness (QED) is 0.698. The van der Waals surface area contributed by atoms with Crippen molar-refractivity contribution < 1.29 is 27.8 Å². The molecule has 2 rings (SSSR count). The first-order valence-corrected chi connectivity index (χ1v) is 9.17. The second-order valence-corrected chi connectivity index (χ2v) is 7.82. The monoisotopic (exact) mass is 425 g/mol. The molecule has 8 heteroatoms. The number of hydrogen-bond acceptors (Lipinski definition) is 4. The third-order valence-electron chi connectivity index (χ3n) is 3.93. The lowest BCUT2D eigenvalue weighted by atomic mass is 9.84. The molecular weight excluding hydrogens is 404 g/mol. The summed E-state index contributed by atoms with van der Waals surface area (Å²) in [6.07, 6.45) is -0.872. The summed E-state index contributed by atoms with van der Waals surface area (Å²) in [6.45, 7) is 5.00. The van der Waals surface area contributed by atoms with Crippen molar-refractivity contribution in [2.75, 3.05) is 7.11 Å². The van der Waals surface area contributed by atoms with Gasteiger partial charge in [0.15, 0.2) is 0 Å². The summed E-state index contributed by atoms with van der Waals surface area (Å²) in [5.74, 6) is -3.40. The van der Waals surface area contributed by atoms with Gasteiger partial charge in [0, 0.05) is 17.0 Å². The molecule has 0 unspecified atom stereocenters. The second-order valence-electron chi connectivity index (χ2n) is 7.38. The molecule has 0 spiro atoms. The minimum Gasteiger partial charge on any atom is -0.467 e. The molecule has 2 aromatic carbocycles. The maximum Gasteiger partial charge on any atom is 0.408 e. The molecule has 0 radical (unpaired) electrons. The van der Waals surface area contributed by atoms with Gasteiger partial charge < -0.3 is 14.8 Å². The zero-order chi connectivity index (χ0) is 21.8. The van der Waals surface area contributed by atoms with E-state index in [1.54, 1.807) is 45.0 Å². The molecule has 156 valence electrons. The topological polar surface area (TPSA) is 64.6 Å². The third kappa shape index (κ3) is 6.42. The Morgan fingerprint density at radius 2 is 1.55 bits per heavy atom. The lowest BCUT2D eigenvalue weighted by molar-refractivity contribution is -0.143. The molecule has 1 N–H and O–H groups in total. The minimum atomic E-state index is -1.31. The average molecular weight is 426 g/mol. The van der Waals surface area contributed by atoms with Crippen molar-refractivity contribution in [3.8, 4) is 0 Å². The van der Waals surface area contributed by atoms with Crippen molar-refractivity contribution in [1.82, 2.24) is 5.32 Å². The van der Waals surface area contributed by atoms with Gasteiger partial charge in [0.1, 0.15) is 23.3 Å². The van der Waals surface area contributed by atoms with Gasteiger partial charge in [-0.15, -0.1) is 0 Å². The molecule has 0 saturated carbocycles. The van der Waals surface area contributed by atoms with E-state index in [1.165, 1.54) is 0 Å². The van der Waals surface area contributed by atoms with Gasteiger partial charge in [-0.05, 0) is 56.2 Å². The van der Waals surface area contributed by atoms with Crippen LogP contribution in [0.2, 0.25) is 5.02 Å². The molecular formula is C21H22ClF2NO4. The smallest absolute Gasteiger partial charge is 0.408 e. The number of methoxy groups -OCH3 is 1. The molecule has 0 bridgehead atoms. The number of alkyl carbamates (subject to hydrolysis) is 1. The van der Waals surface area contributed by atoms with Crippen LogP contribution in [0.25, 0.3) is 0 Å². The zero-order valence-electron chi connectivity index (χ0n) is 16.5. The predicted octanol–water partition coefficient (Wildman–Crippen LogP) is 4.82. The highest BCUT2D eigenvalue weighted by atomic mass is 35.5. The molecule has 2 atom stereocenters. The fourth-order valence-corrected chi connectivity index (χ4v) is 2.97. The van der Waals surface area contributed by atoms with Crippen LogP contribution in [-0.2, 0) is 14.3 Å². The molecule has 0 aliphatic heterocycles. The Morgan fingerprint density at radius 3 is 2.03 bits per heavy atom. The fourth-order valence-electron chi connectivity index (χ4n) is 2.84. The van der Waals surface area contributed by atoms with Gasteiger partial charge in [0.25, 0.3) is 0 Å². The van der Waals surface area contributed by atoms with Gasteiger partial charge in [-0.25, -0.2) is 18.4 Å². The summed E-state index contributed by atoms with van der Waals surface area (Å²) in [5.41, 5.74) is -0.187. The van der Waals surface area contributed by atoms with Gasteiger partial charge >= 0.3 is 12.1 Å². The highest BCUT2D eigenvalue weighted by molar-refractivity contribution is 6.30. The van der Waals surface area contributed by atoms with E-state index in [0.29, 0.717) is 10.6 Å². The predicted molar refractivity (Wildman–Crippen MR) is 105 cm³/mol. The van der Waals surface area contributed by atoms with Crippen molar-refractivity contribution in [2.24, 2.45) is 0 Å². The van der Waals surface area contributed by atoms with E-state index in [-0.39, 0.29) is 5.56 Å². The summed E-state index contributed by atoms with van der Waals surface area (Å²) in [4.78, 5) is 24.9. The van der Waals surface area contributed by atoms with Gasteiger partial charge in [0.05, 0.1) is 7.11 Å². The van der Waals surface area contributed by atoms with E-state index < -0.39 is 41.3 Å². The average Bonchev–Trinajstić information content (AvgIpc) is 2.59. The first-order valence-electron chi connectivity index (χ1n) is 8.79. The highest BCUT2D eigenvalue weighted by Gasteiger charge is 2.35. The highest BCUT2D eigenvalue weighted by Crippen LogP contribution is 2.31. The van der Waals surface area contributed by atoms with Crippen LogP contribution < -0.4 is 5.32 Å². The van der Waals surface area contributed by atoms with Crippen LogP contribution in [0.15, 0.2) is 42.5 Å². The van der Waals surface area contributed by atoms with Gasteiger partial charge in [0.2, 0.25) is 0 Å². The largest absolute Gasteiger partial charge is 0.467 e. The maximum atomic E-state index is 13.9. The molecule has 29 heavy (non-hydrogen) atoms. The molecule has 0 fully saturated rings. The summed E-state index contributed by atoms with van der Waals surface area (Å²) in [6, 6.07) is 7.94. The number of amides is 1. The number of ether oxygens (including phenoxy) is 2. The molecule has 5 nitrogen and oxygen atoms in total. The Bertz CT molecular complexity index is 861. The van der Waals surface area contributed by atoms with Crippen molar-refractivity contribution in [3.63, 3.8) is 0 Å². The molecule has 0 heterocycles. The molecule has 1 amide bonds. The number of halogens is 3. The molecule has 2 aromatic rings. The van der Waals surface area contributed by atoms with Gasteiger partial charge in [-0.2, -0.15) is 0 Å². The molecule has 0 aromatic heterocycles. The van der Waals surface area contributed by atoms with Crippen LogP contribution in [0.3, 0.4) is 0 Å². The van der Waals surface area contributed by atoms with E-state index in [2.05, 4.69) is 5.32 Å². The van der Waals surface area contributed by atoms with Crippen LogP contribution in [0.1, 0.15) is 37.8 Å². The van der Waals surface area contributed by atoms with Crippen LogP contribution in [0.5, 0.6) is 0 Å². The molecule has 0 aliphatic rings. The fraction of sp³-hybridized carbons (Fsp3) is 0.333. The number of carbonyl (C=O) groups excluding carboxylic acids is 2. The Hall–Kier alpha value is -2.67. The number of benzene rings is 2. The summed E-state index contributed by atoms with van der Waals surface area (Å²) in [7, 11) is 1.15. The van der Waals surface area contributed by atoms with Crippen molar-refractivity contribution in [2.45, 2.75) is 38.3 Å². The number of nitrogens with one attached hydrogen (secondary N) is 1. The van der Waals surface area contributed by atoms with Crippen LogP contribution in [-0.4, -0.2) is 30.8 Å². The molecule has 0 aliphatic carbocycles. The normalized spacial score (nSPS) is 13.3. The van der Waals surface area contributed by atoms with Gasteiger partial charge in [-0.1, -0.05) is 23.7 Å². The number of hydrogen-bond donors (Lipinski definition) is 1. The Morgan fingerprint density at radius 1 is 1.00 bits per heavy atom.